The van der Waals surface area contributed by atoms with Crippen molar-refractivity contribution in [1.82, 2.24) is 4.98 Å². The van der Waals surface area contributed by atoms with Crippen molar-refractivity contribution in [2.24, 2.45) is 0 Å². The van der Waals surface area contributed by atoms with Crippen molar-refractivity contribution in [3.63, 3.8) is 0 Å². The van der Waals surface area contributed by atoms with E-state index in [9.17, 15) is 9.59 Å². The number of Topliss-reactive ketones (excluding diaryl/α,β-unsaturated/α-hetero) is 1. The average molecular weight is 355 g/mol. The molecule has 1 aromatic heterocycles. The van der Waals surface area contributed by atoms with Crippen LogP contribution in [0.3, 0.4) is 0 Å². The lowest BCUT2D eigenvalue weighted by molar-refractivity contribution is 0.0312. The van der Waals surface area contributed by atoms with Crippen molar-refractivity contribution in [3.05, 3.63) is 58.4 Å². The van der Waals surface area contributed by atoms with Crippen molar-refractivity contribution in [2.75, 3.05) is 19.8 Å². The van der Waals surface area contributed by atoms with E-state index in [4.69, 9.17) is 9.47 Å². The number of ether oxygens (including phenoxy) is 2. The zero-order chi connectivity index (χ0) is 18.5. The second-order valence-electron chi connectivity index (χ2n) is 6.67. The van der Waals surface area contributed by atoms with Crippen LogP contribution in [0.25, 0.3) is 0 Å². The molecule has 5 heteroatoms. The van der Waals surface area contributed by atoms with Gasteiger partial charge in [0.2, 0.25) is 0 Å². The van der Waals surface area contributed by atoms with E-state index in [0.717, 1.165) is 24.1 Å². The maximum Gasteiger partial charge on any atom is 0.355 e. The first-order chi connectivity index (χ1) is 12.6. The second-order valence-corrected chi connectivity index (χ2v) is 6.67. The molecule has 1 aliphatic carbocycles. The Bertz CT molecular complexity index is 779. The summed E-state index contributed by atoms with van der Waals surface area (Å²) in [4.78, 5) is 28.2. The van der Waals surface area contributed by atoms with Gasteiger partial charge in [-0.25, -0.2) is 4.79 Å². The third-order valence-electron chi connectivity index (χ3n) is 4.77. The summed E-state index contributed by atoms with van der Waals surface area (Å²) in [7, 11) is 0. The van der Waals surface area contributed by atoms with E-state index in [1.165, 1.54) is 0 Å². The molecule has 138 valence electrons. The minimum atomic E-state index is -0.430. The fraction of sp³-hybridized carbons (Fsp3) is 0.429. The van der Waals surface area contributed by atoms with Crippen LogP contribution in [0.15, 0.2) is 30.3 Å². The molecule has 1 atom stereocenters. The molecule has 1 aromatic carbocycles. The summed E-state index contributed by atoms with van der Waals surface area (Å²) < 4.78 is 10.6. The van der Waals surface area contributed by atoms with Crippen molar-refractivity contribution in [3.8, 4) is 0 Å². The Kier molecular flexibility index (Phi) is 5.89. The first-order valence-electron chi connectivity index (χ1n) is 9.16. The van der Waals surface area contributed by atoms with Crippen LogP contribution in [0.4, 0.5) is 0 Å². The molecule has 0 bridgehead atoms. The van der Waals surface area contributed by atoms with Crippen molar-refractivity contribution >= 4 is 11.8 Å². The van der Waals surface area contributed by atoms with E-state index in [0.29, 0.717) is 36.5 Å². The number of carbonyl (C=O) groups excluding carboxylic acids is 2. The Morgan fingerprint density at radius 1 is 1.15 bits per heavy atom. The molecule has 0 aliphatic heterocycles. The lowest BCUT2D eigenvalue weighted by Crippen LogP contribution is -2.18. The van der Waals surface area contributed by atoms with Gasteiger partial charge in [0, 0.05) is 24.3 Å². The monoisotopic (exact) mass is 355 g/mol. The molecule has 0 fully saturated rings. The van der Waals surface area contributed by atoms with Crippen LogP contribution in [0.5, 0.6) is 0 Å². The summed E-state index contributed by atoms with van der Waals surface area (Å²) in [5.74, 6) is -0.208. The molecule has 0 spiro atoms. The van der Waals surface area contributed by atoms with E-state index in [2.05, 4.69) is 4.98 Å². The molecular weight excluding hydrogens is 330 g/mol. The highest BCUT2D eigenvalue weighted by molar-refractivity contribution is 6.03. The van der Waals surface area contributed by atoms with Gasteiger partial charge in [-0.3, -0.25) is 4.79 Å². The molecule has 26 heavy (non-hydrogen) atoms. The fourth-order valence-corrected chi connectivity index (χ4v) is 3.51. The molecule has 0 saturated carbocycles. The minimum Gasteiger partial charge on any atom is -0.459 e. The molecule has 2 aromatic rings. The van der Waals surface area contributed by atoms with Gasteiger partial charge < -0.3 is 14.5 Å². The number of aromatic amines is 1. The molecule has 0 unspecified atom stereocenters. The molecule has 1 heterocycles. The van der Waals surface area contributed by atoms with Gasteiger partial charge in [-0.2, -0.15) is 0 Å². The van der Waals surface area contributed by atoms with Gasteiger partial charge in [-0.1, -0.05) is 37.3 Å². The topological polar surface area (TPSA) is 68.4 Å². The average Bonchev–Trinajstić information content (AvgIpc) is 2.99. The molecule has 5 nitrogen and oxygen atoms in total. The molecular formula is C21H25NO4. The fourth-order valence-electron chi connectivity index (χ4n) is 3.51. The summed E-state index contributed by atoms with van der Waals surface area (Å²) in [5.41, 5.74) is 3.72. The molecule has 0 amide bonds. The van der Waals surface area contributed by atoms with Gasteiger partial charge >= 0.3 is 5.97 Å². The molecule has 0 radical (unpaired) electrons. The summed E-state index contributed by atoms with van der Waals surface area (Å²) in [6.07, 6.45) is 2.12. The quantitative estimate of drug-likeness (QED) is 0.605. The van der Waals surface area contributed by atoms with E-state index >= 15 is 0 Å². The Balaban J connectivity index is 1.72. The van der Waals surface area contributed by atoms with Crippen LogP contribution in [0.2, 0.25) is 0 Å². The maximum absolute atomic E-state index is 12.7. The standard InChI is InChI=1S/C21H25NO4/c1-3-9-25-10-11-26-21(24)20-14(2)19-17(22-20)12-16(13-18(19)23)15-7-5-4-6-8-15/h4-8,16,22H,3,9-13H2,1-2H3/t16-/m1/s1. The zero-order valence-corrected chi connectivity index (χ0v) is 15.3. The summed E-state index contributed by atoms with van der Waals surface area (Å²) in [6, 6.07) is 10.0. The van der Waals surface area contributed by atoms with Crippen LogP contribution in [-0.4, -0.2) is 36.6 Å². The Hall–Kier alpha value is -2.40. The molecule has 1 N–H and O–H groups in total. The third-order valence-corrected chi connectivity index (χ3v) is 4.77. The number of H-pyrrole nitrogens is 1. The van der Waals surface area contributed by atoms with Crippen molar-refractivity contribution < 1.29 is 19.1 Å². The Morgan fingerprint density at radius 3 is 2.65 bits per heavy atom. The lowest BCUT2D eigenvalue weighted by Gasteiger charge is -2.22. The predicted molar refractivity (Wildman–Crippen MR) is 98.8 cm³/mol. The van der Waals surface area contributed by atoms with Crippen molar-refractivity contribution in [2.45, 2.75) is 39.0 Å². The van der Waals surface area contributed by atoms with Crippen LogP contribution in [0.1, 0.15) is 63.4 Å². The summed E-state index contributed by atoms with van der Waals surface area (Å²) >= 11 is 0. The van der Waals surface area contributed by atoms with Crippen LogP contribution in [-0.2, 0) is 15.9 Å². The number of nitrogens with one attached hydrogen (secondary N) is 1. The van der Waals surface area contributed by atoms with Gasteiger partial charge in [-0.15, -0.1) is 0 Å². The molecule has 3 rings (SSSR count). The normalized spacial score (nSPS) is 16.4. The van der Waals surface area contributed by atoms with E-state index in [1.54, 1.807) is 6.92 Å². The smallest absolute Gasteiger partial charge is 0.355 e. The van der Waals surface area contributed by atoms with Crippen LogP contribution >= 0.6 is 0 Å². The van der Waals surface area contributed by atoms with Gasteiger partial charge in [-0.05, 0) is 36.8 Å². The van der Waals surface area contributed by atoms with Crippen molar-refractivity contribution in [1.29, 1.82) is 0 Å². The second kappa shape index (κ2) is 8.32. The highest BCUT2D eigenvalue weighted by atomic mass is 16.6. The number of carbonyl (C=O) groups is 2. The Morgan fingerprint density at radius 2 is 1.92 bits per heavy atom. The summed E-state index contributed by atoms with van der Waals surface area (Å²) in [6.45, 7) is 5.08. The molecule has 1 aliphatic rings. The zero-order valence-electron chi connectivity index (χ0n) is 15.3. The largest absolute Gasteiger partial charge is 0.459 e. The van der Waals surface area contributed by atoms with E-state index < -0.39 is 5.97 Å². The maximum atomic E-state index is 12.7. The number of aromatic nitrogens is 1. The number of fused-ring (bicyclic) bond motifs is 1. The SMILES string of the molecule is CCCOCCOC(=O)c1[nH]c2c(c1C)C(=O)C[C@H](c1ccccc1)C2. The van der Waals surface area contributed by atoms with Crippen LogP contribution in [0, 0.1) is 6.92 Å². The van der Waals surface area contributed by atoms with Gasteiger partial charge in [0.15, 0.2) is 5.78 Å². The third kappa shape index (κ3) is 3.88. The van der Waals surface area contributed by atoms with E-state index in [-0.39, 0.29) is 18.3 Å². The highest BCUT2D eigenvalue weighted by Gasteiger charge is 2.32. The van der Waals surface area contributed by atoms with Gasteiger partial charge in [0.25, 0.3) is 0 Å². The van der Waals surface area contributed by atoms with Gasteiger partial charge in [0.1, 0.15) is 12.3 Å². The number of hydrogen-bond acceptors (Lipinski definition) is 4. The predicted octanol–water partition coefficient (Wildman–Crippen LogP) is 3.82. The number of benzene rings is 1. The van der Waals surface area contributed by atoms with E-state index in [1.807, 2.05) is 37.3 Å². The Labute approximate surface area is 153 Å². The number of rotatable bonds is 7. The number of hydrogen-bond donors (Lipinski definition) is 1. The number of ketones is 1. The number of esters is 1. The lowest BCUT2D eigenvalue weighted by atomic mass is 9.81. The first-order valence-corrected chi connectivity index (χ1v) is 9.16. The highest BCUT2D eigenvalue weighted by Crippen LogP contribution is 2.35. The first kappa shape index (κ1) is 18.4. The van der Waals surface area contributed by atoms with Gasteiger partial charge in [0.05, 0.1) is 6.61 Å². The molecule has 0 saturated heterocycles. The summed E-state index contributed by atoms with van der Waals surface area (Å²) in [5, 5.41) is 0. The van der Waals surface area contributed by atoms with Crippen LogP contribution < -0.4 is 0 Å². The minimum absolute atomic E-state index is 0.0826.